The summed E-state index contributed by atoms with van der Waals surface area (Å²) >= 11 is 0. The van der Waals surface area contributed by atoms with Crippen LogP contribution in [0.25, 0.3) is 11.1 Å². The summed E-state index contributed by atoms with van der Waals surface area (Å²) in [5.41, 5.74) is 1.84. The molecule has 0 aliphatic carbocycles. The van der Waals surface area contributed by atoms with Crippen molar-refractivity contribution in [2.45, 2.75) is 45.2 Å². The zero-order valence-corrected chi connectivity index (χ0v) is 17.6. The summed E-state index contributed by atoms with van der Waals surface area (Å²) < 4.78 is 6.65. The van der Waals surface area contributed by atoms with Crippen LogP contribution < -0.4 is 11.1 Å². The molecule has 7 nitrogen and oxygen atoms in total. The molecular weight excluding hydrogens is 382 g/mol. The van der Waals surface area contributed by atoms with E-state index in [1.54, 1.807) is 31.2 Å². The highest BCUT2D eigenvalue weighted by Crippen LogP contribution is 2.31. The van der Waals surface area contributed by atoms with Crippen LogP contribution in [0.5, 0.6) is 0 Å². The highest BCUT2D eigenvalue weighted by atomic mass is 16.4. The lowest BCUT2D eigenvalue weighted by molar-refractivity contribution is -0.131. The van der Waals surface area contributed by atoms with E-state index in [9.17, 15) is 14.4 Å². The molecular formula is C23H25N3O4. The second-order valence-corrected chi connectivity index (χ2v) is 8.83. The van der Waals surface area contributed by atoms with Crippen molar-refractivity contribution >= 4 is 23.0 Å². The molecule has 30 heavy (non-hydrogen) atoms. The van der Waals surface area contributed by atoms with E-state index in [-0.39, 0.29) is 24.4 Å². The van der Waals surface area contributed by atoms with Crippen LogP contribution in [0.1, 0.15) is 38.8 Å². The van der Waals surface area contributed by atoms with Gasteiger partial charge in [0.25, 0.3) is 5.91 Å². The predicted molar refractivity (Wildman–Crippen MR) is 113 cm³/mol. The van der Waals surface area contributed by atoms with Crippen LogP contribution in [0.15, 0.2) is 57.7 Å². The maximum Gasteiger partial charge on any atom is 0.420 e. The predicted octanol–water partition coefficient (Wildman–Crippen LogP) is 3.36. The zero-order valence-electron chi connectivity index (χ0n) is 17.6. The minimum Gasteiger partial charge on any atom is -0.408 e. The van der Waals surface area contributed by atoms with Gasteiger partial charge >= 0.3 is 11.8 Å². The Labute approximate surface area is 174 Å². The average molecular weight is 407 g/mol. The molecule has 7 heteroatoms. The number of para-hydroxylation sites is 2. The van der Waals surface area contributed by atoms with Crippen LogP contribution in [0.4, 0.5) is 4.79 Å². The molecule has 1 saturated heterocycles. The molecule has 1 aromatic heterocycles. The van der Waals surface area contributed by atoms with E-state index in [0.29, 0.717) is 11.1 Å². The second kappa shape index (κ2) is 6.86. The smallest absolute Gasteiger partial charge is 0.408 e. The number of benzene rings is 2. The number of carbonyl (C=O) groups excluding carboxylic acids is 2. The van der Waals surface area contributed by atoms with E-state index < -0.39 is 17.3 Å². The lowest BCUT2D eigenvalue weighted by Gasteiger charge is -2.24. The summed E-state index contributed by atoms with van der Waals surface area (Å²) in [6.45, 7) is 8.30. The molecule has 0 spiro atoms. The van der Waals surface area contributed by atoms with Gasteiger partial charge < -0.3 is 9.73 Å². The van der Waals surface area contributed by atoms with Crippen molar-refractivity contribution in [2.24, 2.45) is 0 Å². The number of nitrogens with zero attached hydrogens (tertiary/aromatic N) is 2. The van der Waals surface area contributed by atoms with Gasteiger partial charge in [0, 0.05) is 13.1 Å². The van der Waals surface area contributed by atoms with Crippen LogP contribution in [-0.4, -0.2) is 28.0 Å². The van der Waals surface area contributed by atoms with Gasteiger partial charge in [0.05, 0.1) is 5.52 Å². The van der Waals surface area contributed by atoms with Gasteiger partial charge in [-0.05, 0) is 35.6 Å². The van der Waals surface area contributed by atoms with Crippen molar-refractivity contribution in [2.75, 3.05) is 6.54 Å². The quantitative estimate of drug-likeness (QED) is 0.672. The molecule has 1 aliphatic heterocycles. The van der Waals surface area contributed by atoms with Gasteiger partial charge in [0.2, 0.25) is 0 Å². The molecule has 1 fully saturated rings. The van der Waals surface area contributed by atoms with E-state index in [4.69, 9.17) is 4.42 Å². The van der Waals surface area contributed by atoms with Crippen molar-refractivity contribution in [3.63, 3.8) is 0 Å². The van der Waals surface area contributed by atoms with Crippen LogP contribution in [0.2, 0.25) is 0 Å². The third-order valence-electron chi connectivity index (χ3n) is 5.72. The first kappa shape index (κ1) is 19.9. The monoisotopic (exact) mass is 407 g/mol. The SMILES string of the molecule is CC(C)(C)c1ccc(C2(C)NC(=O)N(CCn3c(=O)oc4ccccc43)C2=O)cc1. The van der Waals surface area contributed by atoms with Crippen molar-refractivity contribution in [3.8, 4) is 0 Å². The fourth-order valence-corrected chi connectivity index (χ4v) is 3.82. The number of rotatable bonds is 4. The average Bonchev–Trinajstić information content (AvgIpc) is 3.13. The third kappa shape index (κ3) is 3.20. The van der Waals surface area contributed by atoms with Crippen LogP contribution in [-0.2, 0) is 22.3 Å². The number of nitrogens with one attached hydrogen (secondary N) is 1. The summed E-state index contributed by atoms with van der Waals surface area (Å²) in [6.07, 6.45) is 0. The number of oxazole rings is 1. The highest BCUT2D eigenvalue weighted by Gasteiger charge is 2.48. The summed E-state index contributed by atoms with van der Waals surface area (Å²) in [5, 5.41) is 2.81. The molecule has 0 bridgehead atoms. The Balaban J connectivity index is 1.56. The van der Waals surface area contributed by atoms with Crippen molar-refractivity contribution in [1.29, 1.82) is 0 Å². The number of hydrogen-bond donors (Lipinski definition) is 1. The molecule has 1 N–H and O–H groups in total. The largest absolute Gasteiger partial charge is 0.420 e. The minimum atomic E-state index is -1.14. The molecule has 2 heterocycles. The Kier molecular flexibility index (Phi) is 4.56. The molecule has 3 amide bonds. The van der Waals surface area contributed by atoms with Crippen LogP contribution in [0, 0.1) is 0 Å². The molecule has 156 valence electrons. The number of aromatic nitrogens is 1. The van der Waals surface area contributed by atoms with Gasteiger partial charge in [-0.2, -0.15) is 0 Å². The van der Waals surface area contributed by atoms with Gasteiger partial charge in [-0.3, -0.25) is 14.3 Å². The summed E-state index contributed by atoms with van der Waals surface area (Å²) in [4.78, 5) is 39.1. The van der Waals surface area contributed by atoms with Crippen molar-refractivity contribution in [1.82, 2.24) is 14.8 Å². The lowest BCUT2D eigenvalue weighted by atomic mass is 9.84. The Bertz CT molecular complexity index is 1180. The molecule has 1 atom stereocenters. The van der Waals surface area contributed by atoms with Crippen molar-refractivity contribution < 1.29 is 14.0 Å². The standard InChI is InChI=1S/C23H25N3O4/c1-22(2,3)15-9-11-16(12-10-15)23(4)19(27)26(20(28)24-23)14-13-25-17-7-5-6-8-18(17)30-21(25)29/h5-12H,13-14H2,1-4H3,(H,24,28). The topological polar surface area (TPSA) is 84.6 Å². The van der Waals surface area contributed by atoms with E-state index in [2.05, 4.69) is 26.1 Å². The summed E-state index contributed by atoms with van der Waals surface area (Å²) in [7, 11) is 0. The van der Waals surface area contributed by atoms with E-state index in [0.717, 1.165) is 16.0 Å². The Morgan fingerprint density at radius 2 is 1.63 bits per heavy atom. The number of urea groups is 1. The second-order valence-electron chi connectivity index (χ2n) is 8.83. The fourth-order valence-electron chi connectivity index (χ4n) is 3.82. The number of amides is 3. The van der Waals surface area contributed by atoms with Gasteiger partial charge in [0.15, 0.2) is 5.58 Å². The highest BCUT2D eigenvalue weighted by molar-refractivity contribution is 6.07. The van der Waals surface area contributed by atoms with Gasteiger partial charge in [-0.15, -0.1) is 0 Å². The Morgan fingerprint density at radius 1 is 0.967 bits per heavy atom. The molecule has 0 radical (unpaired) electrons. The lowest BCUT2D eigenvalue weighted by Crippen LogP contribution is -2.41. The Morgan fingerprint density at radius 3 is 2.30 bits per heavy atom. The van der Waals surface area contributed by atoms with Gasteiger partial charge in [0.1, 0.15) is 5.54 Å². The number of imide groups is 1. The number of carbonyl (C=O) groups is 2. The molecule has 0 saturated carbocycles. The number of fused-ring (bicyclic) bond motifs is 1. The van der Waals surface area contributed by atoms with Crippen LogP contribution in [0.3, 0.4) is 0 Å². The molecule has 4 rings (SSSR count). The zero-order chi connectivity index (χ0) is 21.7. The number of hydrogen-bond acceptors (Lipinski definition) is 4. The Hall–Kier alpha value is -3.35. The fraction of sp³-hybridized carbons (Fsp3) is 0.348. The normalized spacial score (nSPS) is 19.5. The minimum absolute atomic E-state index is 0.00493. The molecule has 1 unspecified atom stereocenters. The third-order valence-corrected chi connectivity index (χ3v) is 5.72. The van der Waals surface area contributed by atoms with Crippen molar-refractivity contribution in [3.05, 3.63) is 70.2 Å². The molecule has 1 aliphatic rings. The first-order chi connectivity index (χ1) is 14.1. The summed E-state index contributed by atoms with van der Waals surface area (Å²) in [6, 6.07) is 14.3. The maximum absolute atomic E-state index is 13.2. The summed E-state index contributed by atoms with van der Waals surface area (Å²) in [5.74, 6) is -0.847. The van der Waals surface area contributed by atoms with Gasteiger partial charge in [-0.25, -0.2) is 9.59 Å². The molecule has 2 aromatic carbocycles. The van der Waals surface area contributed by atoms with E-state index in [1.807, 2.05) is 24.3 Å². The van der Waals surface area contributed by atoms with E-state index in [1.165, 1.54) is 4.57 Å². The maximum atomic E-state index is 13.2. The first-order valence-corrected chi connectivity index (χ1v) is 9.95. The van der Waals surface area contributed by atoms with Gasteiger partial charge in [-0.1, -0.05) is 57.2 Å². The first-order valence-electron chi connectivity index (χ1n) is 9.95. The molecule has 3 aromatic rings. The van der Waals surface area contributed by atoms with Crippen LogP contribution >= 0.6 is 0 Å². The van der Waals surface area contributed by atoms with E-state index >= 15 is 0 Å².